The molecule has 0 bridgehead atoms. The Kier molecular flexibility index (Phi) is 8.48. The predicted octanol–water partition coefficient (Wildman–Crippen LogP) is 4.65. The van der Waals surface area contributed by atoms with E-state index in [0.717, 1.165) is 51.0 Å². The Morgan fingerprint density at radius 1 is 1.08 bits per heavy atom. The number of fused-ring (bicyclic) bond motifs is 1. The van der Waals surface area contributed by atoms with Crippen LogP contribution in [0.25, 0.3) is 10.9 Å². The molecule has 1 N–H and O–H groups in total. The fourth-order valence-electron chi connectivity index (χ4n) is 5.15. The van der Waals surface area contributed by atoms with Gasteiger partial charge >= 0.3 is 0 Å². The van der Waals surface area contributed by atoms with E-state index in [1.165, 1.54) is 18.8 Å². The van der Waals surface area contributed by atoms with Crippen molar-refractivity contribution in [3.8, 4) is 11.5 Å². The van der Waals surface area contributed by atoms with E-state index in [0.29, 0.717) is 41.2 Å². The van der Waals surface area contributed by atoms with Crippen LogP contribution in [-0.2, 0) is 0 Å². The molecule has 3 aromatic rings. The molecule has 1 aromatic heterocycles. The SMILES string of the molecule is CN1CCC(Oc2cc(OCCN(C)C3CCN(C)C3)cc3ncnc(Nc4ccc(F)c(Cl)c4)c23)CC1. The third-order valence-electron chi connectivity index (χ3n) is 7.52. The number of nitrogens with one attached hydrogen (secondary N) is 1. The highest BCUT2D eigenvalue weighted by molar-refractivity contribution is 6.31. The van der Waals surface area contributed by atoms with Crippen LogP contribution >= 0.6 is 11.6 Å². The Morgan fingerprint density at radius 2 is 1.87 bits per heavy atom. The minimum absolute atomic E-state index is 0.0427. The first-order valence-electron chi connectivity index (χ1n) is 13.2. The van der Waals surface area contributed by atoms with Crippen LogP contribution in [0.3, 0.4) is 0 Å². The Labute approximate surface area is 228 Å². The summed E-state index contributed by atoms with van der Waals surface area (Å²) in [5.41, 5.74) is 1.34. The minimum Gasteiger partial charge on any atom is -0.492 e. The number of rotatable bonds is 9. The summed E-state index contributed by atoms with van der Waals surface area (Å²) >= 11 is 6.01. The van der Waals surface area contributed by atoms with Gasteiger partial charge in [0, 0.05) is 50.0 Å². The quantitative estimate of drug-likeness (QED) is 0.419. The van der Waals surface area contributed by atoms with Crippen molar-refractivity contribution in [2.24, 2.45) is 0 Å². The number of likely N-dealkylation sites (tertiary alicyclic amines) is 2. The maximum absolute atomic E-state index is 13.7. The molecule has 204 valence electrons. The van der Waals surface area contributed by atoms with Crippen molar-refractivity contribution in [1.82, 2.24) is 24.7 Å². The highest BCUT2D eigenvalue weighted by Gasteiger charge is 2.24. The second-order valence-corrected chi connectivity index (χ2v) is 10.9. The molecule has 0 saturated carbocycles. The van der Waals surface area contributed by atoms with Crippen molar-refractivity contribution in [1.29, 1.82) is 0 Å². The topological polar surface area (TPSA) is 66.0 Å². The van der Waals surface area contributed by atoms with Gasteiger partial charge in [-0.1, -0.05) is 11.6 Å². The van der Waals surface area contributed by atoms with Gasteiger partial charge in [-0.15, -0.1) is 0 Å². The number of hydrogen-bond donors (Lipinski definition) is 1. The van der Waals surface area contributed by atoms with Crippen molar-refractivity contribution in [2.75, 3.05) is 65.8 Å². The summed E-state index contributed by atoms with van der Waals surface area (Å²) in [6, 6.07) is 8.92. The third kappa shape index (κ3) is 6.46. The molecule has 1 atom stereocenters. The van der Waals surface area contributed by atoms with Crippen LogP contribution in [0.5, 0.6) is 11.5 Å². The maximum Gasteiger partial charge on any atom is 0.145 e. The van der Waals surface area contributed by atoms with Crippen LogP contribution in [0.2, 0.25) is 5.02 Å². The normalized spacial score (nSPS) is 19.4. The molecular formula is C28H36ClFN6O2. The molecule has 5 rings (SSSR count). The van der Waals surface area contributed by atoms with E-state index in [1.54, 1.807) is 12.1 Å². The zero-order chi connectivity index (χ0) is 26.6. The van der Waals surface area contributed by atoms with Crippen LogP contribution in [0, 0.1) is 5.82 Å². The lowest BCUT2D eigenvalue weighted by Crippen LogP contribution is -2.36. The maximum atomic E-state index is 13.7. The van der Waals surface area contributed by atoms with Crippen LogP contribution in [0.1, 0.15) is 19.3 Å². The standard InChI is InChI=1S/C28H36ClFN6O2/c1-34-10-7-21(8-11-34)38-26-16-22(37-13-12-36(3)20-6-9-35(2)17-20)15-25-27(26)28(32-18-31-25)33-19-4-5-24(30)23(29)14-19/h4-5,14-16,18,20-21H,6-13,17H2,1-3H3,(H,31,32,33). The van der Waals surface area contributed by atoms with Gasteiger partial charge in [0.05, 0.1) is 15.9 Å². The van der Waals surface area contributed by atoms with Crippen molar-refractivity contribution in [2.45, 2.75) is 31.4 Å². The minimum atomic E-state index is -0.469. The number of hydrogen-bond acceptors (Lipinski definition) is 8. The van der Waals surface area contributed by atoms with E-state index in [1.807, 2.05) is 12.1 Å². The van der Waals surface area contributed by atoms with Gasteiger partial charge in [-0.05, 0) is 65.1 Å². The van der Waals surface area contributed by atoms with Crippen molar-refractivity contribution in [3.05, 3.63) is 47.5 Å². The van der Waals surface area contributed by atoms with Crippen LogP contribution in [-0.4, -0.2) is 97.3 Å². The van der Waals surface area contributed by atoms with Gasteiger partial charge in [-0.2, -0.15) is 0 Å². The summed E-state index contributed by atoms with van der Waals surface area (Å²) in [4.78, 5) is 16.1. The Hall–Kier alpha value is -2.72. The molecule has 38 heavy (non-hydrogen) atoms. The predicted molar refractivity (Wildman–Crippen MR) is 149 cm³/mol. The molecule has 2 aliphatic heterocycles. The number of piperidine rings is 1. The van der Waals surface area contributed by atoms with Crippen LogP contribution in [0.4, 0.5) is 15.9 Å². The molecule has 2 aromatic carbocycles. The monoisotopic (exact) mass is 542 g/mol. The average molecular weight is 543 g/mol. The second kappa shape index (κ2) is 12.0. The van der Waals surface area contributed by atoms with Gasteiger partial charge in [0.25, 0.3) is 0 Å². The smallest absolute Gasteiger partial charge is 0.145 e. The Bertz CT molecular complexity index is 1260. The fourth-order valence-corrected chi connectivity index (χ4v) is 5.34. The van der Waals surface area contributed by atoms with Crippen molar-refractivity contribution >= 4 is 34.0 Å². The summed E-state index contributed by atoms with van der Waals surface area (Å²) < 4.78 is 26.5. The molecule has 1 unspecified atom stereocenters. The first kappa shape index (κ1) is 26.9. The van der Waals surface area contributed by atoms with Crippen molar-refractivity contribution < 1.29 is 13.9 Å². The molecule has 2 saturated heterocycles. The highest BCUT2D eigenvalue weighted by Crippen LogP contribution is 2.37. The number of benzene rings is 2. The van der Waals surface area contributed by atoms with E-state index >= 15 is 0 Å². The zero-order valence-electron chi connectivity index (χ0n) is 22.3. The number of aromatic nitrogens is 2. The summed E-state index contributed by atoms with van der Waals surface area (Å²) in [7, 11) is 6.46. The molecule has 0 spiro atoms. The van der Waals surface area contributed by atoms with Gasteiger partial charge < -0.3 is 24.6 Å². The van der Waals surface area contributed by atoms with E-state index in [9.17, 15) is 4.39 Å². The summed E-state index contributed by atoms with van der Waals surface area (Å²) in [5.74, 6) is 1.49. The van der Waals surface area contributed by atoms with Gasteiger partial charge in [0.15, 0.2) is 0 Å². The molecule has 0 aliphatic carbocycles. The van der Waals surface area contributed by atoms with E-state index < -0.39 is 5.82 Å². The summed E-state index contributed by atoms with van der Waals surface area (Å²) in [6.45, 7) is 5.60. The molecule has 8 nitrogen and oxygen atoms in total. The average Bonchev–Trinajstić information content (AvgIpc) is 3.34. The summed E-state index contributed by atoms with van der Waals surface area (Å²) in [5, 5.41) is 4.07. The Morgan fingerprint density at radius 3 is 2.61 bits per heavy atom. The lowest BCUT2D eigenvalue weighted by atomic mass is 10.1. The van der Waals surface area contributed by atoms with E-state index in [4.69, 9.17) is 21.1 Å². The van der Waals surface area contributed by atoms with E-state index in [-0.39, 0.29) is 11.1 Å². The molecule has 0 amide bonds. The lowest BCUT2D eigenvalue weighted by molar-refractivity contribution is 0.115. The van der Waals surface area contributed by atoms with Gasteiger partial charge in [0.1, 0.15) is 42.2 Å². The Balaban J connectivity index is 1.39. The molecular weight excluding hydrogens is 507 g/mol. The molecule has 2 aliphatic rings. The second-order valence-electron chi connectivity index (χ2n) is 10.4. The zero-order valence-corrected chi connectivity index (χ0v) is 23.0. The first-order valence-corrected chi connectivity index (χ1v) is 13.6. The van der Waals surface area contributed by atoms with Crippen molar-refractivity contribution in [3.63, 3.8) is 0 Å². The number of likely N-dealkylation sites (N-methyl/N-ethyl adjacent to an activating group) is 2. The van der Waals surface area contributed by atoms with Crippen LogP contribution in [0.15, 0.2) is 36.7 Å². The first-order chi connectivity index (χ1) is 18.4. The van der Waals surface area contributed by atoms with Gasteiger partial charge in [-0.3, -0.25) is 4.90 Å². The third-order valence-corrected chi connectivity index (χ3v) is 7.81. The van der Waals surface area contributed by atoms with Crippen LogP contribution < -0.4 is 14.8 Å². The summed E-state index contributed by atoms with van der Waals surface area (Å²) in [6.07, 6.45) is 4.65. The molecule has 10 heteroatoms. The van der Waals surface area contributed by atoms with Gasteiger partial charge in [0.2, 0.25) is 0 Å². The molecule has 2 fully saturated rings. The van der Waals surface area contributed by atoms with E-state index in [2.05, 4.69) is 51.1 Å². The molecule has 0 radical (unpaired) electrons. The number of anilines is 2. The largest absolute Gasteiger partial charge is 0.492 e. The van der Waals surface area contributed by atoms with Gasteiger partial charge in [-0.25, -0.2) is 14.4 Å². The molecule has 3 heterocycles. The number of halogens is 2. The fraction of sp³-hybridized carbons (Fsp3) is 0.500. The number of nitrogens with zero attached hydrogens (tertiary/aromatic N) is 5. The highest BCUT2D eigenvalue weighted by atomic mass is 35.5. The lowest BCUT2D eigenvalue weighted by Gasteiger charge is -2.30. The number of ether oxygens (including phenoxy) is 2.